The zero-order valence-electron chi connectivity index (χ0n) is 13.9. The number of carbonyl (C=O) groups is 1. The highest BCUT2D eigenvalue weighted by atomic mass is 35.5. The van der Waals surface area contributed by atoms with E-state index in [9.17, 15) is 4.79 Å². The van der Waals surface area contributed by atoms with Crippen LogP contribution in [0.5, 0.6) is 11.5 Å². The summed E-state index contributed by atoms with van der Waals surface area (Å²) in [6.07, 6.45) is 0.944. The van der Waals surface area contributed by atoms with Crippen molar-refractivity contribution in [3.63, 3.8) is 0 Å². The zero-order chi connectivity index (χ0) is 17.8. The van der Waals surface area contributed by atoms with E-state index in [2.05, 4.69) is 12.1 Å². The van der Waals surface area contributed by atoms with Crippen LogP contribution < -0.4 is 9.47 Å². The van der Waals surface area contributed by atoms with E-state index in [1.807, 2.05) is 17.0 Å². The predicted molar refractivity (Wildman–Crippen MR) is 98.9 cm³/mol. The Balaban J connectivity index is 1.55. The molecule has 6 heteroatoms. The minimum absolute atomic E-state index is 0.0311. The summed E-state index contributed by atoms with van der Waals surface area (Å²) in [5.41, 5.74) is 1.22. The largest absolute Gasteiger partial charge is 0.497 e. The molecule has 132 valence electrons. The number of rotatable bonds is 5. The first kappa shape index (κ1) is 17.9. The molecule has 1 fully saturated rings. The van der Waals surface area contributed by atoms with Crippen LogP contribution in [0.15, 0.2) is 42.5 Å². The molecule has 1 unspecified atom stereocenters. The average molecular weight is 380 g/mol. The summed E-state index contributed by atoms with van der Waals surface area (Å²) in [5, 5.41) is 0.934. The maximum atomic E-state index is 12.4. The molecule has 0 N–H and O–H groups in total. The lowest BCUT2D eigenvalue weighted by atomic mass is 9.98. The van der Waals surface area contributed by atoms with Crippen molar-refractivity contribution in [3.8, 4) is 11.5 Å². The van der Waals surface area contributed by atoms with E-state index in [0.717, 1.165) is 18.7 Å². The number of hydrogen-bond acceptors (Lipinski definition) is 3. The lowest BCUT2D eigenvalue weighted by Gasteiger charge is -2.17. The smallest absolute Gasteiger partial charge is 0.260 e. The first-order valence-corrected chi connectivity index (χ1v) is 8.82. The molecule has 3 rings (SSSR count). The Hall–Kier alpha value is -1.91. The van der Waals surface area contributed by atoms with Crippen molar-refractivity contribution in [2.45, 2.75) is 12.3 Å². The van der Waals surface area contributed by atoms with Gasteiger partial charge in [0.15, 0.2) is 6.61 Å². The van der Waals surface area contributed by atoms with Crippen molar-refractivity contribution in [3.05, 3.63) is 58.1 Å². The predicted octanol–water partition coefficient (Wildman–Crippen LogP) is 4.40. The molecular weight excluding hydrogens is 361 g/mol. The summed E-state index contributed by atoms with van der Waals surface area (Å²) < 4.78 is 10.7. The minimum atomic E-state index is -0.0398. The van der Waals surface area contributed by atoms with Crippen LogP contribution in [0, 0.1) is 0 Å². The van der Waals surface area contributed by atoms with Gasteiger partial charge in [0.1, 0.15) is 11.5 Å². The Morgan fingerprint density at radius 1 is 1.20 bits per heavy atom. The monoisotopic (exact) mass is 379 g/mol. The van der Waals surface area contributed by atoms with E-state index >= 15 is 0 Å². The Labute approximate surface area is 157 Å². The Morgan fingerprint density at radius 2 is 1.96 bits per heavy atom. The first-order valence-electron chi connectivity index (χ1n) is 8.06. The fourth-order valence-corrected chi connectivity index (χ4v) is 3.42. The maximum absolute atomic E-state index is 12.4. The first-order chi connectivity index (χ1) is 12.1. The van der Waals surface area contributed by atoms with Crippen molar-refractivity contribution < 1.29 is 14.3 Å². The zero-order valence-corrected chi connectivity index (χ0v) is 15.4. The van der Waals surface area contributed by atoms with Crippen molar-refractivity contribution >= 4 is 29.1 Å². The van der Waals surface area contributed by atoms with Crippen LogP contribution in [-0.2, 0) is 4.79 Å². The Bertz CT molecular complexity index is 749. The molecule has 2 aromatic rings. The van der Waals surface area contributed by atoms with Crippen LogP contribution in [0.4, 0.5) is 0 Å². The van der Waals surface area contributed by atoms with Crippen molar-refractivity contribution in [2.75, 3.05) is 26.8 Å². The van der Waals surface area contributed by atoms with Gasteiger partial charge in [0, 0.05) is 24.0 Å². The number of halogens is 2. The third-order valence-electron chi connectivity index (χ3n) is 4.37. The molecule has 1 atom stereocenters. The van der Waals surface area contributed by atoms with Gasteiger partial charge in [-0.3, -0.25) is 4.79 Å². The van der Waals surface area contributed by atoms with Crippen molar-refractivity contribution in [1.29, 1.82) is 0 Å². The number of nitrogens with zero attached hydrogens (tertiary/aromatic N) is 1. The van der Waals surface area contributed by atoms with E-state index in [-0.39, 0.29) is 12.5 Å². The molecule has 0 bridgehead atoms. The third kappa shape index (κ3) is 4.39. The van der Waals surface area contributed by atoms with Gasteiger partial charge in [-0.1, -0.05) is 35.3 Å². The number of methoxy groups -OCH3 is 1. The summed E-state index contributed by atoms with van der Waals surface area (Å²) in [4.78, 5) is 14.2. The highest BCUT2D eigenvalue weighted by Gasteiger charge is 2.27. The van der Waals surface area contributed by atoms with Gasteiger partial charge in [-0.2, -0.15) is 0 Å². The molecule has 1 amide bonds. The highest BCUT2D eigenvalue weighted by molar-refractivity contribution is 6.35. The van der Waals surface area contributed by atoms with E-state index in [4.69, 9.17) is 32.7 Å². The van der Waals surface area contributed by atoms with Gasteiger partial charge in [0.2, 0.25) is 0 Å². The van der Waals surface area contributed by atoms with Crippen molar-refractivity contribution in [2.24, 2.45) is 0 Å². The van der Waals surface area contributed by atoms with Gasteiger partial charge in [-0.25, -0.2) is 0 Å². The average Bonchev–Trinajstić information content (AvgIpc) is 3.11. The van der Waals surface area contributed by atoms with Crippen LogP contribution in [0.2, 0.25) is 10.0 Å². The van der Waals surface area contributed by atoms with E-state index in [1.165, 1.54) is 5.56 Å². The quantitative estimate of drug-likeness (QED) is 0.772. The minimum Gasteiger partial charge on any atom is -0.497 e. The summed E-state index contributed by atoms with van der Waals surface area (Å²) in [6.45, 7) is 1.40. The Kier molecular flexibility index (Phi) is 5.71. The molecule has 1 heterocycles. The SMILES string of the molecule is COc1ccc(C2CCN(C(=O)COc3ccc(Cl)cc3Cl)C2)cc1. The van der Waals surface area contributed by atoms with Gasteiger partial charge in [0.25, 0.3) is 5.91 Å². The molecule has 4 nitrogen and oxygen atoms in total. The fraction of sp³-hybridized carbons (Fsp3) is 0.316. The van der Waals surface area contributed by atoms with Gasteiger partial charge in [-0.15, -0.1) is 0 Å². The van der Waals surface area contributed by atoms with E-state index < -0.39 is 0 Å². The van der Waals surface area contributed by atoms with Crippen LogP contribution in [0.25, 0.3) is 0 Å². The Morgan fingerprint density at radius 3 is 2.64 bits per heavy atom. The number of ether oxygens (including phenoxy) is 2. The fourth-order valence-electron chi connectivity index (χ4n) is 2.96. The van der Waals surface area contributed by atoms with Crippen LogP contribution >= 0.6 is 23.2 Å². The second kappa shape index (κ2) is 7.98. The molecule has 0 radical (unpaired) electrons. The molecule has 0 saturated carbocycles. The molecule has 25 heavy (non-hydrogen) atoms. The summed E-state index contributed by atoms with van der Waals surface area (Å²) in [5.74, 6) is 1.60. The topological polar surface area (TPSA) is 38.8 Å². The number of hydrogen-bond donors (Lipinski definition) is 0. The molecule has 1 saturated heterocycles. The molecule has 1 aliphatic rings. The second-order valence-corrected chi connectivity index (χ2v) is 6.81. The molecular formula is C19H19Cl2NO3. The molecule has 0 spiro atoms. The van der Waals surface area contributed by atoms with Crippen LogP contribution in [0.3, 0.4) is 0 Å². The molecule has 2 aromatic carbocycles. The van der Waals surface area contributed by atoms with Gasteiger partial charge >= 0.3 is 0 Å². The normalized spacial score (nSPS) is 16.8. The number of amides is 1. The second-order valence-electron chi connectivity index (χ2n) is 5.96. The molecule has 0 aliphatic carbocycles. The van der Waals surface area contributed by atoms with Gasteiger partial charge in [0.05, 0.1) is 12.1 Å². The number of likely N-dealkylation sites (tertiary alicyclic amines) is 1. The molecule has 0 aromatic heterocycles. The standard InChI is InChI=1S/C19H19Cl2NO3/c1-24-16-5-2-13(3-6-16)14-8-9-22(11-14)19(23)12-25-18-7-4-15(20)10-17(18)21/h2-7,10,14H,8-9,11-12H2,1H3. The van der Waals surface area contributed by atoms with Gasteiger partial charge in [-0.05, 0) is 42.3 Å². The van der Waals surface area contributed by atoms with Crippen molar-refractivity contribution in [1.82, 2.24) is 4.90 Å². The lowest BCUT2D eigenvalue weighted by Crippen LogP contribution is -2.32. The van der Waals surface area contributed by atoms with Gasteiger partial charge < -0.3 is 14.4 Å². The summed E-state index contributed by atoms with van der Waals surface area (Å²) in [6, 6.07) is 13.0. The number of benzene rings is 2. The van der Waals surface area contributed by atoms with Crippen LogP contribution in [0.1, 0.15) is 17.9 Å². The summed E-state index contributed by atoms with van der Waals surface area (Å²) >= 11 is 11.9. The number of carbonyl (C=O) groups excluding carboxylic acids is 1. The molecule has 1 aliphatic heterocycles. The maximum Gasteiger partial charge on any atom is 0.260 e. The van der Waals surface area contributed by atoms with E-state index in [1.54, 1.807) is 25.3 Å². The third-order valence-corrected chi connectivity index (χ3v) is 4.90. The van der Waals surface area contributed by atoms with Crippen LogP contribution in [-0.4, -0.2) is 37.6 Å². The summed E-state index contributed by atoms with van der Waals surface area (Å²) in [7, 11) is 1.65. The lowest BCUT2D eigenvalue weighted by molar-refractivity contribution is -0.132. The van der Waals surface area contributed by atoms with E-state index in [0.29, 0.717) is 28.3 Å². The highest BCUT2D eigenvalue weighted by Crippen LogP contribution is 2.30.